The summed E-state index contributed by atoms with van der Waals surface area (Å²) in [6.45, 7) is 2.22. The Kier molecular flexibility index (Phi) is 4.16. The van der Waals surface area contributed by atoms with Crippen LogP contribution in [-0.2, 0) is 0 Å². The van der Waals surface area contributed by atoms with E-state index >= 15 is 0 Å². The van der Waals surface area contributed by atoms with Gasteiger partial charge in [-0.3, -0.25) is 4.90 Å². The molecule has 0 aromatic heterocycles. The van der Waals surface area contributed by atoms with Crippen molar-refractivity contribution >= 4 is 34.7 Å². The van der Waals surface area contributed by atoms with Crippen LogP contribution < -0.4 is 4.90 Å². The van der Waals surface area contributed by atoms with Gasteiger partial charge in [0.15, 0.2) is 0 Å². The van der Waals surface area contributed by atoms with Gasteiger partial charge in [0.1, 0.15) is 0 Å². The second kappa shape index (κ2) is 5.91. The normalized spacial score (nSPS) is 14.8. The summed E-state index contributed by atoms with van der Waals surface area (Å²) < 4.78 is 0. The zero-order valence-corrected chi connectivity index (χ0v) is 14.1. The highest BCUT2D eigenvalue weighted by Gasteiger charge is 2.29. The van der Waals surface area contributed by atoms with Crippen LogP contribution in [0.4, 0.5) is 11.4 Å². The fraction of sp³-hybridized carbons (Fsp3) is 0.294. The van der Waals surface area contributed by atoms with Gasteiger partial charge in [0.05, 0.1) is 17.5 Å². The van der Waals surface area contributed by atoms with E-state index in [4.69, 9.17) is 11.6 Å². The molecule has 1 heterocycles. The first kappa shape index (κ1) is 14.8. The van der Waals surface area contributed by atoms with Crippen molar-refractivity contribution in [2.24, 2.45) is 0 Å². The van der Waals surface area contributed by atoms with Crippen molar-refractivity contribution < 1.29 is 0 Å². The summed E-state index contributed by atoms with van der Waals surface area (Å²) in [6.07, 6.45) is 1.35. The minimum absolute atomic E-state index is 0.310. The molecule has 0 saturated carbocycles. The van der Waals surface area contributed by atoms with Crippen molar-refractivity contribution in [3.63, 3.8) is 0 Å². The van der Waals surface area contributed by atoms with Gasteiger partial charge in [-0.1, -0.05) is 42.4 Å². The van der Waals surface area contributed by atoms with E-state index in [1.807, 2.05) is 17.8 Å². The lowest BCUT2D eigenvalue weighted by Crippen LogP contribution is -2.43. The van der Waals surface area contributed by atoms with E-state index in [1.54, 1.807) is 0 Å². The molecule has 1 aliphatic heterocycles. The Labute approximate surface area is 135 Å². The predicted molar refractivity (Wildman–Crippen MR) is 91.9 cm³/mol. The molecule has 0 fully saturated rings. The van der Waals surface area contributed by atoms with Gasteiger partial charge >= 0.3 is 0 Å². The number of hydrogen-bond donors (Lipinski definition) is 0. The molecule has 1 unspecified atom stereocenters. The molecule has 0 saturated heterocycles. The molecular weight excluding hydrogens is 300 g/mol. The summed E-state index contributed by atoms with van der Waals surface area (Å²) in [7, 11) is 4.26. The van der Waals surface area contributed by atoms with Crippen LogP contribution in [0, 0.1) is 0 Å². The number of nitrogens with zero attached hydrogens (tertiary/aromatic N) is 2. The van der Waals surface area contributed by atoms with Crippen LogP contribution in [0.25, 0.3) is 0 Å². The smallest absolute Gasteiger partial charge is 0.0863 e. The number of halogens is 1. The highest BCUT2D eigenvalue weighted by molar-refractivity contribution is 7.99. The fourth-order valence-corrected chi connectivity index (χ4v) is 4.07. The molecular formula is C17H19ClN2S. The van der Waals surface area contributed by atoms with E-state index < -0.39 is 0 Å². The monoisotopic (exact) mass is 318 g/mol. The lowest BCUT2D eigenvalue weighted by atomic mass is 10.1. The zero-order valence-electron chi connectivity index (χ0n) is 12.5. The van der Waals surface area contributed by atoms with Crippen molar-refractivity contribution in [1.82, 2.24) is 4.90 Å². The Bertz CT molecular complexity index is 657. The largest absolute Gasteiger partial charge is 0.323 e. The summed E-state index contributed by atoms with van der Waals surface area (Å²) in [4.78, 5) is 7.23. The van der Waals surface area contributed by atoms with Crippen LogP contribution in [0.5, 0.6) is 0 Å². The van der Waals surface area contributed by atoms with Crippen LogP contribution in [0.15, 0.2) is 52.3 Å². The summed E-state index contributed by atoms with van der Waals surface area (Å²) in [6, 6.07) is 14.7. The summed E-state index contributed by atoms with van der Waals surface area (Å²) in [5.74, 6) is 0. The van der Waals surface area contributed by atoms with Crippen LogP contribution in [0.3, 0.4) is 0 Å². The van der Waals surface area contributed by atoms with Gasteiger partial charge in [0, 0.05) is 14.8 Å². The van der Waals surface area contributed by atoms with Gasteiger partial charge in [-0.2, -0.15) is 0 Å². The third-order valence-corrected chi connectivity index (χ3v) is 5.15. The van der Waals surface area contributed by atoms with Crippen molar-refractivity contribution in [2.45, 2.75) is 29.3 Å². The van der Waals surface area contributed by atoms with Gasteiger partial charge in [0.2, 0.25) is 0 Å². The van der Waals surface area contributed by atoms with E-state index in [0.717, 1.165) is 11.4 Å². The molecule has 1 aliphatic rings. The lowest BCUT2D eigenvalue weighted by Gasteiger charge is -2.41. The first-order chi connectivity index (χ1) is 10.1. The van der Waals surface area contributed by atoms with Gasteiger partial charge in [-0.15, -0.1) is 0 Å². The molecule has 1 atom stereocenters. The maximum atomic E-state index is 6.25. The van der Waals surface area contributed by atoms with Crippen LogP contribution >= 0.6 is 23.4 Å². The molecule has 2 nitrogen and oxygen atoms in total. The Morgan fingerprint density at radius 3 is 2.52 bits per heavy atom. The number of hydrogen-bond acceptors (Lipinski definition) is 3. The van der Waals surface area contributed by atoms with Crippen molar-refractivity contribution in [3.8, 4) is 0 Å². The van der Waals surface area contributed by atoms with Gasteiger partial charge in [-0.25, -0.2) is 0 Å². The van der Waals surface area contributed by atoms with E-state index in [9.17, 15) is 0 Å². The number of anilines is 2. The Hall–Kier alpha value is -1.16. The molecule has 3 rings (SSSR count). The number of rotatable bonds is 3. The molecule has 21 heavy (non-hydrogen) atoms. The Morgan fingerprint density at radius 2 is 1.81 bits per heavy atom. The second-order valence-corrected chi connectivity index (χ2v) is 6.92. The molecule has 0 N–H and O–H groups in total. The maximum Gasteiger partial charge on any atom is 0.0863 e. The highest BCUT2D eigenvalue weighted by Crippen LogP contribution is 2.49. The van der Waals surface area contributed by atoms with E-state index in [-0.39, 0.29) is 0 Å². The lowest BCUT2D eigenvalue weighted by molar-refractivity contribution is 0.289. The SMILES string of the molecule is CCC(N(C)C)N1c2ccccc2Sc2ccc(Cl)cc21. The molecule has 2 aromatic carbocycles. The second-order valence-electron chi connectivity index (χ2n) is 5.40. The Morgan fingerprint density at radius 1 is 1.10 bits per heavy atom. The molecule has 0 amide bonds. The van der Waals surface area contributed by atoms with Gasteiger partial charge in [0.25, 0.3) is 0 Å². The van der Waals surface area contributed by atoms with Gasteiger partial charge < -0.3 is 4.90 Å². The summed E-state index contributed by atoms with van der Waals surface area (Å²) in [5, 5.41) is 0.785. The summed E-state index contributed by atoms with van der Waals surface area (Å²) in [5.41, 5.74) is 2.46. The molecule has 0 radical (unpaired) electrons. The minimum atomic E-state index is 0.310. The highest BCUT2D eigenvalue weighted by atomic mass is 35.5. The third-order valence-electron chi connectivity index (χ3n) is 3.78. The molecule has 2 aromatic rings. The number of fused-ring (bicyclic) bond motifs is 2. The van der Waals surface area contributed by atoms with Gasteiger partial charge in [-0.05, 0) is 50.8 Å². The molecule has 0 spiro atoms. The molecule has 4 heteroatoms. The fourth-order valence-electron chi connectivity index (χ4n) is 2.86. The molecule has 110 valence electrons. The van der Waals surface area contributed by atoms with Crippen molar-refractivity contribution in [3.05, 3.63) is 47.5 Å². The number of para-hydroxylation sites is 1. The van der Waals surface area contributed by atoms with Crippen molar-refractivity contribution in [1.29, 1.82) is 0 Å². The maximum absolute atomic E-state index is 6.25. The summed E-state index contributed by atoms with van der Waals surface area (Å²) >= 11 is 8.06. The third kappa shape index (κ3) is 2.66. The average molecular weight is 319 g/mol. The number of benzene rings is 2. The minimum Gasteiger partial charge on any atom is -0.323 e. The first-order valence-corrected chi connectivity index (χ1v) is 8.33. The van der Waals surface area contributed by atoms with E-state index in [0.29, 0.717) is 6.17 Å². The van der Waals surface area contributed by atoms with Crippen LogP contribution in [0.1, 0.15) is 13.3 Å². The average Bonchev–Trinajstić information content (AvgIpc) is 2.47. The Balaban J connectivity index is 2.19. The van der Waals surface area contributed by atoms with Crippen molar-refractivity contribution in [2.75, 3.05) is 19.0 Å². The van der Waals surface area contributed by atoms with E-state index in [1.165, 1.54) is 21.2 Å². The topological polar surface area (TPSA) is 6.48 Å². The van der Waals surface area contributed by atoms with Crippen LogP contribution in [0.2, 0.25) is 5.02 Å². The van der Waals surface area contributed by atoms with E-state index in [2.05, 4.69) is 67.2 Å². The molecule has 0 bridgehead atoms. The molecule has 0 aliphatic carbocycles. The first-order valence-electron chi connectivity index (χ1n) is 7.14. The quantitative estimate of drug-likeness (QED) is 0.764. The standard InChI is InChI=1S/C17H19ClN2S/c1-4-17(19(2)3)20-13-7-5-6-8-15(13)21-16-10-9-12(18)11-14(16)20/h5-11,17H,4H2,1-3H3. The van der Waals surface area contributed by atoms with Crippen LogP contribution in [-0.4, -0.2) is 25.2 Å². The zero-order chi connectivity index (χ0) is 15.0. The predicted octanol–water partition coefficient (Wildman–Crippen LogP) is 5.24.